The average molecular weight is 454 g/mol. The van der Waals surface area contributed by atoms with E-state index in [9.17, 15) is 23.2 Å². The summed E-state index contributed by atoms with van der Waals surface area (Å²) in [5.74, 6) is -3.91. The Morgan fingerprint density at radius 2 is 1.87 bits per heavy atom. The summed E-state index contributed by atoms with van der Waals surface area (Å²) >= 11 is 5.90. The second-order valence-electron chi connectivity index (χ2n) is 7.63. The lowest BCUT2D eigenvalue weighted by Gasteiger charge is -2.51. The SMILES string of the molecule is N#CC[C@@H]1[C@@H](O)CC[C@@]2(S(=O)(=O)c3ccc(Cl)cc3)c3c(F)ccc(F)c3OC[C@@H]12. The van der Waals surface area contributed by atoms with Crippen LogP contribution in [0.5, 0.6) is 5.75 Å². The van der Waals surface area contributed by atoms with Crippen LogP contribution in [0.25, 0.3) is 0 Å². The molecule has 158 valence electrons. The van der Waals surface area contributed by atoms with Gasteiger partial charge in [0, 0.05) is 23.3 Å². The minimum Gasteiger partial charge on any atom is -0.490 e. The quantitative estimate of drug-likeness (QED) is 0.759. The highest BCUT2D eigenvalue weighted by Crippen LogP contribution is 2.58. The first-order chi connectivity index (χ1) is 14.2. The Morgan fingerprint density at radius 1 is 1.20 bits per heavy atom. The lowest BCUT2D eigenvalue weighted by atomic mass is 9.65. The van der Waals surface area contributed by atoms with Crippen LogP contribution in [0.15, 0.2) is 41.3 Å². The first kappa shape index (κ1) is 21.0. The number of halogens is 3. The molecule has 30 heavy (non-hydrogen) atoms. The van der Waals surface area contributed by atoms with Crippen LogP contribution in [0.3, 0.4) is 0 Å². The third-order valence-corrected chi connectivity index (χ3v) is 9.06. The van der Waals surface area contributed by atoms with Gasteiger partial charge in [-0.3, -0.25) is 0 Å². The predicted molar refractivity (Wildman–Crippen MR) is 105 cm³/mol. The van der Waals surface area contributed by atoms with Gasteiger partial charge >= 0.3 is 0 Å². The number of hydrogen-bond donors (Lipinski definition) is 1. The monoisotopic (exact) mass is 453 g/mol. The van der Waals surface area contributed by atoms with Crippen LogP contribution in [0.2, 0.25) is 5.02 Å². The van der Waals surface area contributed by atoms with Crippen LogP contribution < -0.4 is 4.74 Å². The summed E-state index contributed by atoms with van der Waals surface area (Å²) in [5, 5.41) is 20.1. The zero-order chi connectivity index (χ0) is 21.7. The summed E-state index contributed by atoms with van der Waals surface area (Å²) in [6, 6.07) is 9.20. The molecule has 2 aromatic carbocycles. The molecule has 0 radical (unpaired) electrons. The molecule has 9 heteroatoms. The van der Waals surface area contributed by atoms with E-state index in [4.69, 9.17) is 16.3 Å². The minimum absolute atomic E-state index is 0.0189. The van der Waals surface area contributed by atoms with E-state index in [1.807, 2.05) is 6.07 Å². The van der Waals surface area contributed by atoms with E-state index in [2.05, 4.69) is 0 Å². The molecule has 1 N–H and O–H groups in total. The molecule has 1 aliphatic carbocycles. The lowest BCUT2D eigenvalue weighted by Crippen LogP contribution is -2.57. The first-order valence-corrected chi connectivity index (χ1v) is 11.3. The van der Waals surface area contributed by atoms with Gasteiger partial charge in [0.15, 0.2) is 21.4 Å². The molecule has 0 aromatic heterocycles. The molecular weight excluding hydrogens is 436 g/mol. The summed E-state index contributed by atoms with van der Waals surface area (Å²) in [7, 11) is -4.29. The Bertz CT molecular complexity index is 1130. The Hall–Kier alpha value is -2.21. The summed E-state index contributed by atoms with van der Waals surface area (Å²) in [6.07, 6.45) is -1.21. The smallest absolute Gasteiger partial charge is 0.188 e. The Kier molecular flexibility index (Phi) is 5.25. The van der Waals surface area contributed by atoms with E-state index in [0.717, 1.165) is 12.1 Å². The molecule has 4 atom stereocenters. The van der Waals surface area contributed by atoms with Gasteiger partial charge in [0.05, 0.1) is 29.2 Å². The van der Waals surface area contributed by atoms with Gasteiger partial charge in [-0.15, -0.1) is 0 Å². The van der Waals surface area contributed by atoms with E-state index < -0.39 is 49.9 Å². The average Bonchev–Trinajstić information content (AvgIpc) is 2.72. The van der Waals surface area contributed by atoms with E-state index >= 15 is 4.39 Å². The molecule has 1 aliphatic heterocycles. The van der Waals surface area contributed by atoms with Crippen LogP contribution in [0, 0.1) is 34.8 Å². The molecular formula is C21H18ClF2NO4S. The summed E-state index contributed by atoms with van der Waals surface area (Å²) in [4.78, 5) is -0.0968. The molecule has 2 aliphatic rings. The van der Waals surface area contributed by atoms with E-state index in [1.165, 1.54) is 24.3 Å². The molecule has 2 aromatic rings. The fourth-order valence-electron chi connectivity index (χ4n) is 4.86. The number of nitrogens with zero attached hydrogens (tertiary/aromatic N) is 1. The topological polar surface area (TPSA) is 87.4 Å². The van der Waals surface area contributed by atoms with Gasteiger partial charge in [-0.25, -0.2) is 17.2 Å². The number of hydrogen-bond acceptors (Lipinski definition) is 5. The zero-order valence-corrected chi connectivity index (χ0v) is 17.3. The molecule has 0 unspecified atom stereocenters. The lowest BCUT2D eigenvalue weighted by molar-refractivity contribution is -0.0182. The molecule has 1 heterocycles. The predicted octanol–water partition coefficient (Wildman–Crippen LogP) is 3.98. The van der Waals surface area contributed by atoms with Crippen molar-refractivity contribution in [3.63, 3.8) is 0 Å². The normalized spacial score (nSPS) is 28.0. The van der Waals surface area contributed by atoms with Crippen LogP contribution in [0.4, 0.5) is 8.78 Å². The molecule has 0 saturated heterocycles. The zero-order valence-electron chi connectivity index (χ0n) is 15.7. The highest BCUT2D eigenvalue weighted by atomic mass is 35.5. The molecule has 5 nitrogen and oxygen atoms in total. The van der Waals surface area contributed by atoms with Crippen LogP contribution in [0.1, 0.15) is 24.8 Å². The third kappa shape index (κ3) is 2.91. The van der Waals surface area contributed by atoms with Crippen molar-refractivity contribution in [3.05, 3.63) is 58.6 Å². The van der Waals surface area contributed by atoms with Crippen molar-refractivity contribution in [2.75, 3.05) is 6.61 Å². The number of aliphatic hydroxyl groups is 1. The van der Waals surface area contributed by atoms with Crippen molar-refractivity contribution in [1.29, 1.82) is 5.26 Å². The largest absolute Gasteiger partial charge is 0.490 e. The molecule has 4 rings (SSSR count). The summed E-state index contributed by atoms with van der Waals surface area (Å²) < 4.78 is 61.2. The molecule has 0 amide bonds. The Balaban J connectivity index is 2.04. The first-order valence-electron chi connectivity index (χ1n) is 9.40. The maximum atomic E-state index is 15.1. The Labute approximate surface area is 177 Å². The van der Waals surface area contributed by atoms with Crippen molar-refractivity contribution in [1.82, 2.24) is 0 Å². The number of benzene rings is 2. The van der Waals surface area contributed by atoms with Gasteiger partial charge < -0.3 is 9.84 Å². The van der Waals surface area contributed by atoms with E-state index in [1.54, 1.807) is 0 Å². The maximum Gasteiger partial charge on any atom is 0.188 e. The minimum atomic E-state index is -4.29. The van der Waals surface area contributed by atoms with Crippen molar-refractivity contribution in [2.45, 2.75) is 35.0 Å². The van der Waals surface area contributed by atoms with Crippen molar-refractivity contribution in [3.8, 4) is 11.8 Å². The number of ether oxygens (including phenoxy) is 1. The fourth-order valence-corrected chi connectivity index (χ4v) is 7.39. The summed E-state index contributed by atoms with van der Waals surface area (Å²) in [6.45, 7) is -0.260. The highest BCUT2D eigenvalue weighted by molar-refractivity contribution is 7.92. The van der Waals surface area contributed by atoms with Gasteiger partial charge in [-0.05, 0) is 49.2 Å². The van der Waals surface area contributed by atoms with Gasteiger partial charge in [-0.1, -0.05) is 11.6 Å². The molecule has 0 spiro atoms. The van der Waals surface area contributed by atoms with Crippen LogP contribution in [-0.4, -0.2) is 26.2 Å². The fraction of sp³-hybridized carbons (Fsp3) is 0.381. The second-order valence-corrected chi connectivity index (χ2v) is 10.3. The van der Waals surface area contributed by atoms with Crippen molar-refractivity contribution < 1.29 is 27.0 Å². The molecule has 0 bridgehead atoms. The number of nitriles is 1. The van der Waals surface area contributed by atoms with E-state index in [-0.39, 0.29) is 36.3 Å². The second kappa shape index (κ2) is 7.49. The standard InChI is InChI=1S/C21H18ClF2NO4S/c22-12-1-3-13(4-2-12)30(27,28)21-9-7-18(26)14(8-10-25)15(21)11-29-20-17(24)6-5-16(23)19(20)21/h1-6,14-15,18,26H,7-9,11H2/t14-,15-,18-,21-/m0/s1. The highest BCUT2D eigenvalue weighted by Gasteiger charge is 2.62. The summed E-state index contributed by atoms with van der Waals surface area (Å²) in [5.41, 5.74) is -0.372. The number of sulfone groups is 1. The molecule has 1 saturated carbocycles. The van der Waals surface area contributed by atoms with Gasteiger partial charge in [0.2, 0.25) is 0 Å². The molecule has 1 fully saturated rings. The van der Waals surface area contributed by atoms with Gasteiger partial charge in [0.1, 0.15) is 10.6 Å². The number of aliphatic hydroxyl groups excluding tert-OH is 1. The number of fused-ring (bicyclic) bond motifs is 3. The van der Waals surface area contributed by atoms with E-state index in [0.29, 0.717) is 5.02 Å². The van der Waals surface area contributed by atoms with Crippen LogP contribution in [-0.2, 0) is 14.6 Å². The Morgan fingerprint density at radius 3 is 2.53 bits per heavy atom. The third-order valence-electron chi connectivity index (χ3n) is 6.24. The maximum absolute atomic E-state index is 15.1. The van der Waals surface area contributed by atoms with Gasteiger partial charge in [0.25, 0.3) is 0 Å². The van der Waals surface area contributed by atoms with Gasteiger partial charge in [-0.2, -0.15) is 5.26 Å². The van der Waals surface area contributed by atoms with Crippen molar-refractivity contribution >= 4 is 21.4 Å². The van der Waals surface area contributed by atoms with Crippen molar-refractivity contribution in [2.24, 2.45) is 11.8 Å². The number of rotatable bonds is 3. The van der Waals surface area contributed by atoms with Crippen LogP contribution >= 0.6 is 11.6 Å².